The van der Waals surface area contributed by atoms with Crippen molar-refractivity contribution in [2.45, 2.75) is 19.8 Å². The molecule has 0 spiro atoms. The van der Waals surface area contributed by atoms with Gasteiger partial charge in [-0.3, -0.25) is 15.5 Å². The minimum atomic E-state index is -0.0864. The van der Waals surface area contributed by atoms with E-state index in [0.29, 0.717) is 22.9 Å². The molecular weight excluding hydrogens is 426 g/mol. The van der Waals surface area contributed by atoms with Gasteiger partial charge >= 0.3 is 0 Å². The van der Waals surface area contributed by atoms with Crippen molar-refractivity contribution >= 4 is 17.4 Å². The quantitative estimate of drug-likeness (QED) is 0.423. The third kappa shape index (κ3) is 5.85. The van der Waals surface area contributed by atoms with E-state index in [1.54, 1.807) is 13.1 Å². The predicted octanol–water partition coefficient (Wildman–Crippen LogP) is 3.14. The molecule has 0 aliphatic carbocycles. The molecule has 1 aliphatic rings. The van der Waals surface area contributed by atoms with E-state index in [2.05, 4.69) is 27.1 Å². The van der Waals surface area contributed by atoms with Gasteiger partial charge in [-0.1, -0.05) is 24.1 Å². The van der Waals surface area contributed by atoms with Gasteiger partial charge in [0.05, 0.1) is 17.8 Å². The fraction of sp³-hybridized carbons (Fsp3) is 0.259. The first kappa shape index (κ1) is 23.1. The Morgan fingerprint density at radius 2 is 1.82 bits per heavy atom. The van der Waals surface area contributed by atoms with Crippen LogP contribution in [0.25, 0.3) is 0 Å². The summed E-state index contributed by atoms with van der Waals surface area (Å²) in [5.41, 5.74) is 1.84. The number of benzene rings is 2. The van der Waals surface area contributed by atoms with E-state index in [9.17, 15) is 4.79 Å². The highest BCUT2D eigenvalue weighted by Crippen LogP contribution is 2.22. The van der Waals surface area contributed by atoms with Crippen molar-refractivity contribution in [1.82, 2.24) is 14.9 Å². The number of nitrogens with two attached hydrogens (primary N) is 1. The molecule has 1 amide bonds. The molecule has 0 saturated carbocycles. The van der Waals surface area contributed by atoms with Gasteiger partial charge in [0.15, 0.2) is 0 Å². The highest BCUT2D eigenvalue weighted by atomic mass is 16.5. The van der Waals surface area contributed by atoms with Gasteiger partial charge in [0.1, 0.15) is 17.8 Å². The van der Waals surface area contributed by atoms with Crippen molar-refractivity contribution in [3.05, 3.63) is 78.2 Å². The van der Waals surface area contributed by atoms with Crippen molar-refractivity contribution in [3.63, 3.8) is 0 Å². The summed E-state index contributed by atoms with van der Waals surface area (Å²) in [6.07, 6.45) is 5.09. The molecule has 172 valence electrons. The number of piperidine rings is 1. The normalized spacial score (nSPS) is 13.6. The molecule has 2 aromatic carbocycles. The Bertz CT molecular complexity index is 1190. The van der Waals surface area contributed by atoms with E-state index in [4.69, 9.17) is 10.1 Å². The molecule has 7 nitrogen and oxygen atoms in total. The lowest BCUT2D eigenvalue weighted by Gasteiger charge is -2.29. The van der Waals surface area contributed by atoms with E-state index in [1.165, 1.54) is 6.33 Å². The molecular formula is C27H28N5O2+. The number of rotatable bonds is 7. The number of para-hydroxylation sites is 1. The van der Waals surface area contributed by atoms with Crippen LogP contribution in [0.5, 0.6) is 11.5 Å². The highest BCUT2D eigenvalue weighted by Gasteiger charge is 2.24. The zero-order valence-corrected chi connectivity index (χ0v) is 19.2. The molecule has 1 aromatic heterocycles. The number of nitrogens with zero attached hydrogens (tertiary/aromatic N) is 3. The first-order valence-corrected chi connectivity index (χ1v) is 11.4. The Morgan fingerprint density at radius 3 is 2.53 bits per heavy atom. The maximum Gasteiger partial charge on any atom is 0.298 e. The van der Waals surface area contributed by atoms with Crippen LogP contribution in [0.4, 0.5) is 5.82 Å². The third-order valence-electron chi connectivity index (χ3n) is 5.91. The Labute approximate surface area is 199 Å². The predicted molar refractivity (Wildman–Crippen MR) is 130 cm³/mol. The lowest BCUT2D eigenvalue weighted by molar-refractivity contribution is -0.582. The van der Waals surface area contributed by atoms with Gasteiger partial charge in [0.2, 0.25) is 5.82 Å². The molecule has 1 aliphatic heterocycles. The SMILES string of the molecule is CC#CC(=O)N1CCC(C[NH2+]c2ncncc2C(=N)c2ccc(Oc3ccccc3)cc2)CC1. The molecule has 3 aromatic rings. The highest BCUT2D eigenvalue weighted by molar-refractivity contribution is 6.12. The molecule has 7 heteroatoms. The van der Waals surface area contributed by atoms with Crippen molar-refractivity contribution < 1.29 is 14.8 Å². The third-order valence-corrected chi connectivity index (χ3v) is 5.91. The van der Waals surface area contributed by atoms with Crippen molar-refractivity contribution in [2.75, 3.05) is 19.6 Å². The second kappa shape index (κ2) is 11.2. The van der Waals surface area contributed by atoms with Crippen LogP contribution in [-0.4, -0.2) is 46.1 Å². The van der Waals surface area contributed by atoms with E-state index in [0.717, 1.165) is 49.6 Å². The zero-order chi connectivity index (χ0) is 23.8. The lowest BCUT2D eigenvalue weighted by atomic mass is 9.96. The molecule has 34 heavy (non-hydrogen) atoms. The van der Waals surface area contributed by atoms with Crippen molar-refractivity contribution in [3.8, 4) is 23.3 Å². The van der Waals surface area contributed by atoms with E-state index in [1.807, 2.05) is 59.5 Å². The zero-order valence-electron chi connectivity index (χ0n) is 19.2. The number of hydrogen-bond donors (Lipinski definition) is 2. The Balaban J connectivity index is 1.37. The second-order valence-electron chi connectivity index (χ2n) is 8.19. The Hall–Kier alpha value is -4.02. The summed E-state index contributed by atoms with van der Waals surface area (Å²) < 4.78 is 5.85. The molecule has 0 bridgehead atoms. The van der Waals surface area contributed by atoms with Gasteiger partial charge < -0.3 is 9.64 Å². The van der Waals surface area contributed by atoms with Gasteiger partial charge in [-0.15, -0.1) is 0 Å². The summed E-state index contributed by atoms with van der Waals surface area (Å²) in [7, 11) is 0. The lowest BCUT2D eigenvalue weighted by Crippen LogP contribution is -2.80. The van der Waals surface area contributed by atoms with Gasteiger partial charge in [-0.05, 0) is 62.1 Å². The number of aromatic nitrogens is 2. The monoisotopic (exact) mass is 454 g/mol. The number of hydrogen-bond acceptors (Lipinski definition) is 5. The summed E-state index contributed by atoms with van der Waals surface area (Å²) in [4.78, 5) is 22.4. The second-order valence-corrected chi connectivity index (χ2v) is 8.19. The van der Waals surface area contributed by atoms with Crippen LogP contribution in [-0.2, 0) is 4.79 Å². The number of carbonyl (C=O) groups is 1. The van der Waals surface area contributed by atoms with Crippen molar-refractivity contribution in [1.29, 1.82) is 5.41 Å². The average Bonchev–Trinajstić information content (AvgIpc) is 2.89. The van der Waals surface area contributed by atoms with Gasteiger partial charge in [-0.2, -0.15) is 4.98 Å². The first-order chi connectivity index (χ1) is 16.6. The topological polar surface area (TPSA) is 95.8 Å². The number of amides is 1. The molecule has 4 rings (SSSR count). The average molecular weight is 455 g/mol. The van der Waals surface area contributed by atoms with Crippen LogP contribution in [0.1, 0.15) is 30.9 Å². The Morgan fingerprint density at radius 1 is 1.12 bits per heavy atom. The summed E-state index contributed by atoms with van der Waals surface area (Å²) in [5, 5.41) is 10.8. The number of likely N-dealkylation sites (tertiary alicyclic amines) is 1. The minimum absolute atomic E-state index is 0.0864. The summed E-state index contributed by atoms with van der Waals surface area (Å²) >= 11 is 0. The Kier molecular flexibility index (Phi) is 7.63. The first-order valence-electron chi connectivity index (χ1n) is 11.4. The molecule has 0 radical (unpaired) electrons. The molecule has 0 unspecified atom stereocenters. The van der Waals surface area contributed by atoms with E-state index >= 15 is 0 Å². The minimum Gasteiger partial charge on any atom is -0.457 e. The molecule has 1 fully saturated rings. The van der Waals surface area contributed by atoms with Crippen LogP contribution in [0, 0.1) is 23.2 Å². The molecule has 1 saturated heterocycles. The van der Waals surface area contributed by atoms with Gasteiger partial charge in [0.25, 0.3) is 5.91 Å². The molecule has 3 N–H and O–H groups in total. The molecule has 0 atom stereocenters. The number of carbonyl (C=O) groups excluding carboxylic acids is 1. The van der Waals surface area contributed by atoms with Crippen LogP contribution in [0.15, 0.2) is 67.1 Å². The smallest absolute Gasteiger partial charge is 0.298 e. The maximum absolute atomic E-state index is 11.9. The largest absolute Gasteiger partial charge is 0.457 e. The number of quaternary nitrogens is 1. The maximum atomic E-state index is 11.9. The van der Waals surface area contributed by atoms with E-state index < -0.39 is 0 Å². The van der Waals surface area contributed by atoms with Crippen LogP contribution < -0.4 is 10.1 Å². The van der Waals surface area contributed by atoms with Crippen LogP contribution in [0.2, 0.25) is 0 Å². The van der Waals surface area contributed by atoms with Crippen LogP contribution in [0.3, 0.4) is 0 Å². The fourth-order valence-corrected chi connectivity index (χ4v) is 4.00. The molecule has 2 heterocycles. The summed E-state index contributed by atoms with van der Waals surface area (Å²) in [6, 6.07) is 17.1. The number of ether oxygens (including phenoxy) is 1. The van der Waals surface area contributed by atoms with Crippen molar-refractivity contribution in [2.24, 2.45) is 5.92 Å². The van der Waals surface area contributed by atoms with E-state index in [-0.39, 0.29) is 5.91 Å². The van der Waals surface area contributed by atoms with Crippen LogP contribution >= 0.6 is 0 Å². The standard InChI is InChI=1S/C27H27N5O2/c1-2-6-25(33)32-15-13-20(14-16-32)17-30-27-24(18-29-19-31-27)26(28)21-9-11-23(12-10-21)34-22-7-4-3-5-8-22/h3-5,7-12,18-20,28H,13-17H2,1H3,(H,29,30,31)/p+1. The summed E-state index contributed by atoms with van der Waals surface area (Å²) in [5.74, 6) is 7.94. The van der Waals surface area contributed by atoms with Gasteiger partial charge in [-0.25, -0.2) is 4.98 Å². The van der Waals surface area contributed by atoms with Gasteiger partial charge in [0, 0.05) is 30.8 Å². The number of nitrogens with one attached hydrogen (secondary N) is 1. The summed E-state index contributed by atoms with van der Waals surface area (Å²) in [6.45, 7) is 4.00. The fourth-order valence-electron chi connectivity index (χ4n) is 4.00.